The molecule has 0 bridgehead atoms. The predicted molar refractivity (Wildman–Crippen MR) is 144 cm³/mol. The van der Waals surface area contributed by atoms with E-state index in [9.17, 15) is 9.59 Å². The fraction of sp³-hybridized carbons (Fsp3) is 0.345. The van der Waals surface area contributed by atoms with Gasteiger partial charge in [0.25, 0.3) is 0 Å². The van der Waals surface area contributed by atoms with Crippen LogP contribution in [0.25, 0.3) is 11.0 Å². The Morgan fingerprint density at radius 2 is 1.73 bits per heavy atom. The van der Waals surface area contributed by atoms with Crippen molar-refractivity contribution >= 4 is 22.8 Å². The SMILES string of the molecule is CCC(C)(C)NC(=O)C(c1ccncc1)N(CCc1ccccc1C)C(=O)Cn1nnc2ccccc21. The number of aromatic nitrogens is 4. The number of carbonyl (C=O) groups excluding carboxylic acids is 2. The Morgan fingerprint density at radius 1 is 1.03 bits per heavy atom. The van der Waals surface area contributed by atoms with Gasteiger partial charge in [-0.1, -0.05) is 48.5 Å². The molecular formula is C29H34N6O2. The lowest BCUT2D eigenvalue weighted by atomic mass is 9.98. The Labute approximate surface area is 217 Å². The summed E-state index contributed by atoms with van der Waals surface area (Å²) in [5.74, 6) is -0.435. The first kappa shape index (κ1) is 26.0. The lowest BCUT2D eigenvalue weighted by Gasteiger charge is -2.34. The molecule has 8 nitrogen and oxygen atoms in total. The van der Waals surface area contributed by atoms with Gasteiger partial charge in [0.15, 0.2) is 0 Å². The first-order valence-corrected chi connectivity index (χ1v) is 12.6. The Morgan fingerprint density at radius 3 is 2.46 bits per heavy atom. The van der Waals surface area contributed by atoms with Crippen molar-refractivity contribution in [2.75, 3.05) is 6.54 Å². The molecule has 1 atom stereocenters. The van der Waals surface area contributed by atoms with E-state index in [4.69, 9.17) is 0 Å². The highest BCUT2D eigenvalue weighted by Crippen LogP contribution is 2.24. The maximum Gasteiger partial charge on any atom is 0.247 e. The van der Waals surface area contributed by atoms with Crippen LogP contribution in [-0.2, 0) is 22.6 Å². The highest BCUT2D eigenvalue weighted by molar-refractivity contribution is 5.89. The largest absolute Gasteiger partial charge is 0.349 e. The van der Waals surface area contributed by atoms with Crippen LogP contribution in [-0.4, -0.2) is 48.8 Å². The van der Waals surface area contributed by atoms with Gasteiger partial charge in [-0.25, -0.2) is 4.68 Å². The van der Waals surface area contributed by atoms with Gasteiger partial charge in [0.05, 0.1) is 5.52 Å². The van der Waals surface area contributed by atoms with E-state index in [1.807, 2.05) is 57.2 Å². The van der Waals surface area contributed by atoms with Gasteiger partial charge in [-0.05, 0) is 74.6 Å². The Hall–Kier alpha value is -4.07. The van der Waals surface area contributed by atoms with Crippen LogP contribution >= 0.6 is 0 Å². The first-order valence-electron chi connectivity index (χ1n) is 12.6. The lowest BCUT2D eigenvalue weighted by Crippen LogP contribution is -2.51. The number of aryl methyl sites for hydroxylation is 1. The van der Waals surface area contributed by atoms with E-state index in [1.54, 1.807) is 34.1 Å². The van der Waals surface area contributed by atoms with E-state index < -0.39 is 11.6 Å². The van der Waals surface area contributed by atoms with Crippen molar-refractivity contribution in [2.24, 2.45) is 0 Å². The molecule has 192 valence electrons. The monoisotopic (exact) mass is 498 g/mol. The lowest BCUT2D eigenvalue weighted by molar-refractivity contribution is -0.142. The van der Waals surface area contributed by atoms with Crippen molar-refractivity contribution in [3.05, 3.63) is 89.7 Å². The van der Waals surface area contributed by atoms with Crippen molar-refractivity contribution in [1.82, 2.24) is 30.2 Å². The highest BCUT2D eigenvalue weighted by atomic mass is 16.2. The molecule has 4 aromatic rings. The van der Waals surface area contributed by atoms with E-state index in [1.165, 1.54) is 0 Å². The van der Waals surface area contributed by atoms with Crippen LogP contribution in [0.4, 0.5) is 0 Å². The Balaban J connectivity index is 1.71. The summed E-state index contributed by atoms with van der Waals surface area (Å²) < 4.78 is 1.59. The van der Waals surface area contributed by atoms with Gasteiger partial charge in [-0.15, -0.1) is 5.10 Å². The third kappa shape index (κ3) is 6.20. The number of benzene rings is 2. The number of hydrogen-bond donors (Lipinski definition) is 1. The summed E-state index contributed by atoms with van der Waals surface area (Å²) in [6, 6.07) is 18.4. The second-order valence-electron chi connectivity index (χ2n) is 9.91. The fourth-order valence-corrected chi connectivity index (χ4v) is 4.29. The van der Waals surface area contributed by atoms with Gasteiger partial charge < -0.3 is 10.2 Å². The zero-order valence-electron chi connectivity index (χ0n) is 21.9. The standard InChI is InChI=1S/C29H34N6O2/c1-5-29(3,4)31-28(37)27(23-14-17-30-18-15-23)34(19-16-22-11-7-6-10-21(22)2)26(36)20-35-25-13-9-8-12-24(25)32-33-35/h6-15,17-18,27H,5,16,19-20H2,1-4H3,(H,31,37). The number of amides is 2. The van der Waals surface area contributed by atoms with Crippen LogP contribution in [0.2, 0.25) is 0 Å². The molecule has 0 saturated heterocycles. The summed E-state index contributed by atoms with van der Waals surface area (Å²) in [4.78, 5) is 33.5. The van der Waals surface area contributed by atoms with Crippen LogP contribution in [0.5, 0.6) is 0 Å². The number of pyridine rings is 1. The average molecular weight is 499 g/mol. The maximum absolute atomic E-state index is 14.0. The van der Waals surface area contributed by atoms with Crippen molar-refractivity contribution in [2.45, 2.75) is 58.7 Å². The molecule has 4 rings (SSSR count). The van der Waals surface area contributed by atoms with E-state index in [0.29, 0.717) is 18.5 Å². The van der Waals surface area contributed by atoms with E-state index >= 15 is 0 Å². The van der Waals surface area contributed by atoms with Crippen molar-refractivity contribution in [3.8, 4) is 0 Å². The molecule has 0 radical (unpaired) electrons. The second-order valence-corrected chi connectivity index (χ2v) is 9.91. The molecule has 2 heterocycles. The summed E-state index contributed by atoms with van der Waals surface area (Å²) in [6.07, 6.45) is 4.66. The minimum Gasteiger partial charge on any atom is -0.349 e. The number of para-hydroxylation sites is 1. The van der Waals surface area contributed by atoms with Gasteiger partial charge in [0.1, 0.15) is 18.1 Å². The third-order valence-corrected chi connectivity index (χ3v) is 6.84. The van der Waals surface area contributed by atoms with Gasteiger partial charge in [-0.3, -0.25) is 14.6 Å². The number of rotatable bonds is 10. The molecule has 1 N–H and O–H groups in total. The number of carbonyl (C=O) groups is 2. The average Bonchev–Trinajstić information content (AvgIpc) is 3.30. The molecule has 0 aliphatic carbocycles. The van der Waals surface area contributed by atoms with Gasteiger partial charge in [0, 0.05) is 24.5 Å². The smallest absolute Gasteiger partial charge is 0.247 e. The minimum absolute atomic E-state index is 0.0275. The van der Waals surface area contributed by atoms with Crippen molar-refractivity contribution < 1.29 is 9.59 Å². The molecule has 0 saturated carbocycles. The topological polar surface area (TPSA) is 93.0 Å². The third-order valence-electron chi connectivity index (χ3n) is 6.84. The van der Waals surface area contributed by atoms with Crippen LogP contribution < -0.4 is 5.32 Å². The Bertz CT molecular complexity index is 1370. The molecule has 8 heteroatoms. The van der Waals surface area contributed by atoms with Gasteiger partial charge in [0.2, 0.25) is 11.8 Å². The molecule has 2 aromatic carbocycles. The van der Waals surface area contributed by atoms with Crippen molar-refractivity contribution in [1.29, 1.82) is 0 Å². The normalized spacial score (nSPS) is 12.3. The number of nitrogens with one attached hydrogen (secondary N) is 1. The second kappa shape index (κ2) is 11.3. The zero-order chi connectivity index (χ0) is 26.4. The molecule has 37 heavy (non-hydrogen) atoms. The molecule has 2 amide bonds. The van der Waals surface area contributed by atoms with Gasteiger partial charge in [-0.2, -0.15) is 0 Å². The molecule has 0 aliphatic heterocycles. The summed E-state index contributed by atoms with van der Waals surface area (Å²) in [5, 5.41) is 11.5. The van der Waals surface area contributed by atoms with E-state index in [0.717, 1.165) is 28.6 Å². The molecular weight excluding hydrogens is 464 g/mol. The first-order chi connectivity index (χ1) is 17.8. The molecule has 0 fully saturated rings. The Kier molecular flexibility index (Phi) is 7.96. The molecule has 0 spiro atoms. The number of fused-ring (bicyclic) bond motifs is 1. The fourth-order valence-electron chi connectivity index (χ4n) is 4.29. The molecule has 0 aliphatic rings. The molecule has 2 aromatic heterocycles. The summed E-state index contributed by atoms with van der Waals surface area (Å²) in [5.41, 5.74) is 4.06. The van der Waals surface area contributed by atoms with E-state index in [-0.39, 0.29) is 18.4 Å². The van der Waals surface area contributed by atoms with Crippen LogP contribution in [0, 0.1) is 6.92 Å². The maximum atomic E-state index is 14.0. The predicted octanol–water partition coefficient (Wildman–Crippen LogP) is 4.25. The van der Waals surface area contributed by atoms with Crippen molar-refractivity contribution in [3.63, 3.8) is 0 Å². The summed E-state index contributed by atoms with van der Waals surface area (Å²) in [6.45, 7) is 8.38. The highest BCUT2D eigenvalue weighted by Gasteiger charge is 2.34. The van der Waals surface area contributed by atoms with E-state index in [2.05, 4.69) is 39.7 Å². The van der Waals surface area contributed by atoms with Crippen LogP contribution in [0.15, 0.2) is 73.1 Å². The quantitative estimate of drug-likeness (QED) is 0.353. The minimum atomic E-state index is -0.819. The van der Waals surface area contributed by atoms with Crippen LogP contribution in [0.3, 0.4) is 0 Å². The van der Waals surface area contributed by atoms with Gasteiger partial charge >= 0.3 is 0 Å². The summed E-state index contributed by atoms with van der Waals surface area (Å²) >= 11 is 0. The number of nitrogens with zero attached hydrogens (tertiary/aromatic N) is 5. The van der Waals surface area contributed by atoms with Crippen LogP contribution in [0.1, 0.15) is 49.9 Å². The zero-order valence-corrected chi connectivity index (χ0v) is 21.9. The summed E-state index contributed by atoms with van der Waals surface area (Å²) in [7, 11) is 0. The number of hydrogen-bond acceptors (Lipinski definition) is 5. The molecule has 1 unspecified atom stereocenters.